The first-order valence-electron chi connectivity index (χ1n) is 6.44. The van der Waals surface area contributed by atoms with Gasteiger partial charge < -0.3 is 5.73 Å². The first-order valence-corrected chi connectivity index (χ1v) is 6.44. The second kappa shape index (κ2) is 5.33. The third kappa shape index (κ3) is 2.40. The number of benzene rings is 1. The number of rotatable bonds is 3. The van der Waals surface area contributed by atoms with Gasteiger partial charge in [-0.25, -0.2) is 8.78 Å². The summed E-state index contributed by atoms with van der Waals surface area (Å²) in [5.74, 6) is -0.990. The van der Waals surface area contributed by atoms with Crippen molar-refractivity contribution in [2.75, 3.05) is 13.1 Å². The van der Waals surface area contributed by atoms with Crippen LogP contribution in [0.2, 0.25) is 0 Å². The smallest absolute Gasteiger partial charge is 0.163 e. The van der Waals surface area contributed by atoms with Gasteiger partial charge in [0, 0.05) is 24.7 Å². The third-order valence-corrected chi connectivity index (χ3v) is 3.80. The van der Waals surface area contributed by atoms with Crippen LogP contribution in [0.1, 0.15) is 31.9 Å². The largest absolute Gasteiger partial charge is 0.329 e. The zero-order valence-corrected chi connectivity index (χ0v) is 10.9. The van der Waals surface area contributed by atoms with E-state index in [1.165, 1.54) is 0 Å². The van der Waals surface area contributed by atoms with Crippen molar-refractivity contribution in [2.24, 2.45) is 11.7 Å². The average Bonchev–Trinajstić information content (AvgIpc) is 2.65. The van der Waals surface area contributed by atoms with Crippen molar-refractivity contribution in [2.45, 2.75) is 32.4 Å². The highest BCUT2D eigenvalue weighted by atomic mass is 19.2. The summed E-state index contributed by atoms with van der Waals surface area (Å²) in [4.78, 5) is 2.18. The maximum atomic E-state index is 13.9. The lowest BCUT2D eigenvalue weighted by Gasteiger charge is -2.31. The Hall–Kier alpha value is -1.00. The second-order valence-electron chi connectivity index (χ2n) is 5.28. The fourth-order valence-electron chi connectivity index (χ4n) is 2.99. The molecule has 18 heavy (non-hydrogen) atoms. The van der Waals surface area contributed by atoms with E-state index in [1.54, 1.807) is 12.1 Å². The van der Waals surface area contributed by atoms with Crippen molar-refractivity contribution in [3.63, 3.8) is 0 Å². The molecule has 0 bridgehead atoms. The van der Waals surface area contributed by atoms with E-state index in [9.17, 15) is 8.78 Å². The summed E-state index contributed by atoms with van der Waals surface area (Å²) >= 11 is 0. The van der Waals surface area contributed by atoms with Gasteiger partial charge in [-0.1, -0.05) is 19.1 Å². The molecular formula is C14H20F2N2. The van der Waals surface area contributed by atoms with E-state index in [0.29, 0.717) is 24.1 Å². The van der Waals surface area contributed by atoms with Crippen LogP contribution < -0.4 is 5.73 Å². The van der Waals surface area contributed by atoms with Crippen LogP contribution in [-0.4, -0.2) is 24.0 Å². The Bertz CT molecular complexity index is 422. The number of nitrogens with zero attached hydrogens (tertiary/aromatic N) is 1. The normalized spacial score (nSPS) is 26.5. The average molecular weight is 254 g/mol. The molecule has 0 aliphatic carbocycles. The maximum Gasteiger partial charge on any atom is 0.163 e. The first kappa shape index (κ1) is 13.4. The summed E-state index contributed by atoms with van der Waals surface area (Å²) in [6.45, 7) is 5.48. The Morgan fingerprint density at radius 2 is 2.11 bits per heavy atom. The van der Waals surface area contributed by atoms with Crippen LogP contribution in [-0.2, 0) is 0 Å². The quantitative estimate of drug-likeness (QED) is 0.898. The van der Waals surface area contributed by atoms with Crippen LogP contribution in [0, 0.1) is 17.6 Å². The lowest BCUT2D eigenvalue weighted by molar-refractivity contribution is 0.187. The molecule has 2 nitrogen and oxygen atoms in total. The Balaban J connectivity index is 2.31. The molecule has 1 aromatic carbocycles. The van der Waals surface area contributed by atoms with Gasteiger partial charge in [0.1, 0.15) is 0 Å². The van der Waals surface area contributed by atoms with E-state index in [-0.39, 0.29) is 6.04 Å². The van der Waals surface area contributed by atoms with E-state index < -0.39 is 11.6 Å². The Morgan fingerprint density at radius 1 is 1.39 bits per heavy atom. The molecule has 4 heteroatoms. The van der Waals surface area contributed by atoms with E-state index >= 15 is 0 Å². The van der Waals surface area contributed by atoms with Crippen molar-refractivity contribution < 1.29 is 8.78 Å². The van der Waals surface area contributed by atoms with Crippen molar-refractivity contribution in [1.82, 2.24) is 4.90 Å². The molecule has 3 atom stereocenters. The van der Waals surface area contributed by atoms with E-state index in [0.717, 1.165) is 19.0 Å². The van der Waals surface area contributed by atoms with Gasteiger partial charge in [-0.05, 0) is 25.3 Å². The number of hydrogen-bond acceptors (Lipinski definition) is 2. The van der Waals surface area contributed by atoms with Gasteiger partial charge in [-0.15, -0.1) is 0 Å². The molecule has 0 saturated carbocycles. The van der Waals surface area contributed by atoms with Gasteiger partial charge in [0.15, 0.2) is 11.6 Å². The summed E-state index contributed by atoms with van der Waals surface area (Å²) in [7, 11) is 0. The molecule has 0 amide bonds. The van der Waals surface area contributed by atoms with E-state index in [2.05, 4.69) is 18.7 Å². The van der Waals surface area contributed by atoms with Crippen LogP contribution in [0.5, 0.6) is 0 Å². The van der Waals surface area contributed by atoms with Gasteiger partial charge in [-0.3, -0.25) is 4.90 Å². The summed E-state index contributed by atoms with van der Waals surface area (Å²) in [6, 6.07) is 4.44. The third-order valence-electron chi connectivity index (χ3n) is 3.80. The highest BCUT2D eigenvalue weighted by molar-refractivity contribution is 5.23. The maximum absolute atomic E-state index is 13.9. The summed E-state index contributed by atoms with van der Waals surface area (Å²) in [5.41, 5.74) is 6.15. The molecule has 2 N–H and O–H groups in total. The van der Waals surface area contributed by atoms with Crippen LogP contribution in [0.3, 0.4) is 0 Å². The summed E-state index contributed by atoms with van der Waals surface area (Å²) < 4.78 is 27.2. The fourth-order valence-corrected chi connectivity index (χ4v) is 2.99. The van der Waals surface area contributed by atoms with Gasteiger partial charge in [0.25, 0.3) is 0 Å². The lowest BCUT2D eigenvalue weighted by Crippen LogP contribution is -2.36. The first-order chi connectivity index (χ1) is 8.54. The fraction of sp³-hybridized carbons (Fsp3) is 0.571. The van der Waals surface area contributed by atoms with Gasteiger partial charge >= 0.3 is 0 Å². The van der Waals surface area contributed by atoms with Crippen molar-refractivity contribution in [3.05, 3.63) is 35.4 Å². The standard InChI is InChI=1S/C14H20F2N2/c1-9-6-10(2)18(8-9)13(7-17)11-4-3-5-12(15)14(11)16/h3-5,9-10,13H,6-8,17H2,1-2H3. The van der Waals surface area contributed by atoms with Gasteiger partial charge in [0.05, 0.1) is 6.04 Å². The second-order valence-corrected chi connectivity index (χ2v) is 5.28. The molecule has 1 heterocycles. The Kier molecular flexibility index (Phi) is 3.97. The monoisotopic (exact) mass is 254 g/mol. The minimum Gasteiger partial charge on any atom is -0.329 e. The molecule has 0 radical (unpaired) electrons. The molecule has 2 rings (SSSR count). The highest BCUT2D eigenvalue weighted by Crippen LogP contribution is 2.32. The summed E-state index contributed by atoms with van der Waals surface area (Å²) in [6.07, 6.45) is 1.08. The van der Waals surface area contributed by atoms with Gasteiger partial charge in [0.2, 0.25) is 0 Å². The van der Waals surface area contributed by atoms with Crippen LogP contribution in [0.25, 0.3) is 0 Å². The van der Waals surface area contributed by atoms with Gasteiger partial charge in [-0.2, -0.15) is 0 Å². The van der Waals surface area contributed by atoms with Crippen molar-refractivity contribution >= 4 is 0 Å². The molecule has 3 unspecified atom stereocenters. The van der Waals surface area contributed by atoms with Crippen molar-refractivity contribution in [3.8, 4) is 0 Å². The number of nitrogens with two attached hydrogens (primary N) is 1. The van der Waals surface area contributed by atoms with Crippen LogP contribution in [0.15, 0.2) is 18.2 Å². The molecular weight excluding hydrogens is 234 g/mol. The number of hydrogen-bond donors (Lipinski definition) is 1. The molecule has 1 fully saturated rings. The zero-order chi connectivity index (χ0) is 13.3. The van der Waals surface area contributed by atoms with Crippen LogP contribution >= 0.6 is 0 Å². The minimum atomic E-state index is -0.800. The molecule has 1 aliphatic heterocycles. The van der Waals surface area contributed by atoms with Crippen LogP contribution in [0.4, 0.5) is 8.78 Å². The number of likely N-dealkylation sites (tertiary alicyclic amines) is 1. The number of halogens is 2. The lowest BCUT2D eigenvalue weighted by atomic mass is 10.0. The molecule has 100 valence electrons. The summed E-state index contributed by atoms with van der Waals surface area (Å²) in [5, 5.41) is 0. The topological polar surface area (TPSA) is 29.3 Å². The Morgan fingerprint density at radius 3 is 2.67 bits per heavy atom. The molecule has 1 saturated heterocycles. The SMILES string of the molecule is CC1CC(C)N(C(CN)c2cccc(F)c2F)C1. The Labute approximate surface area is 107 Å². The predicted molar refractivity (Wildman–Crippen MR) is 68.1 cm³/mol. The zero-order valence-electron chi connectivity index (χ0n) is 10.9. The molecule has 1 aliphatic rings. The van der Waals surface area contributed by atoms with E-state index in [1.807, 2.05) is 0 Å². The predicted octanol–water partition coefficient (Wildman–Crippen LogP) is 2.69. The highest BCUT2D eigenvalue weighted by Gasteiger charge is 2.33. The van der Waals surface area contributed by atoms with E-state index in [4.69, 9.17) is 5.73 Å². The van der Waals surface area contributed by atoms with Crippen molar-refractivity contribution in [1.29, 1.82) is 0 Å². The molecule has 0 spiro atoms. The molecule has 0 aromatic heterocycles. The minimum absolute atomic E-state index is 0.236. The molecule has 1 aromatic rings.